The topological polar surface area (TPSA) is 106 Å². The number of pyridine rings is 1. The summed E-state index contributed by atoms with van der Waals surface area (Å²) in [6.45, 7) is 3.84. The third-order valence-corrected chi connectivity index (χ3v) is 4.22. The summed E-state index contributed by atoms with van der Waals surface area (Å²) < 4.78 is 1.65. The molecule has 1 aromatic carbocycles. The van der Waals surface area contributed by atoms with Crippen molar-refractivity contribution in [3.8, 4) is 5.95 Å². The zero-order valence-corrected chi connectivity index (χ0v) is 17.0. The molecule has 0 radical (unpaired) electrons. The third kappa shape index (κ3) is 4.76. The molecule has 9 nitrogen and oxygen atoms in total. The van der Waals surface area contributed by atoms with Gasteiger partial charge < -0.3 is 5.32 Å². The Bertz CT molecular complexity index is 1170. The summed E-state index contributed by atoms with van der Waals surface area (Å²) in [5, 5.41) is 12.4. The number of halogens is 1. The van der Waals surface area contributed by atoms with E-state index in [0.29, 0.717) is 22.6 Å². The molecule has 30 heavy (non-hydrogen) atoms. The highest BCUT2D eigenvalue weighted by molar-refractivity contribution is 6.30. The number of aromatic nitrogens is 6. The van der Waals surface area contributed by atoms with Crippen molar-refractivity contribution in [1.82, 2.24) is 29.7 Å². The first kappa shape index (κ1) is 19.5. The molecule has 4 rings (SSSR count). The Balaban J connectivity index is 1.65. The zero-order chi connectivity index (χ0) is 20.9. The van der Waals surface area contributed by atoms with E-state index >= 15 is 0 Å². The van der Waals surface area contributed by atoms with E-state index in [-0.39, 0.29) is 5.95 Å². The van der Waals surface area contributed by atoms with Gasteiger partial charge in [0.05, 0.1) is 17.6 Å². The predicted octanol–water partition coefficient (Wildman–Crippen LogP) is 3.91. The molecule has 0 spiro atoms. The van der Waals surface area contributed by atoms with Crippen LogP contribution in [0, 0.1) is 13.8 Å². The number of benzene rings is 1. The van der Waals surface area contributed by atoms with Crippen LogP contribution in [0.4, 0.5) is 17.6 Å². The van der Waals surface area contributed by atoms with Crippen LogP contribution in [0.3, 0.4) is 0 Å². The summed E-state index contributed by atoms with van der Waals surface area (Å²) in [4.78, 5) is 17.5. The Labute approximate surface area is 177 Å². The fourth-order valence-electron chi connectivity index (χ4n) is 2.67. The first-order valence-corrected chi connectivity index (χ1v) is 9.47. The van der Waals surface area contributed by atoms with Gasteiger partial charge in [-0.3, -0.25) is 4.98 Å². The molecule has 0 saturated carbocycles. The average molecular weight is 420 g/mol. The van der Waals surface area contributed by atoms with Crippen molar-refractivity contribution in [3.63, 3.8) is 0 Å². The van der Waals surface area contributed by atoms with Gasteiger partial charge in [0.1, 0.15) is 0 Å². The largest absolute Gasteiger partial charge is 0.324 e. The minimum atomic E-state index is 0.260. The highest BCUT2D eigenvalue weighted by Gasteiger charge is 2.12. The van der Waals surface area contributed by atoms with Crippen LogP contribution in [0.2, 0.25) is 5.02 Å². The van der Waals surface area contributed by atoms with Gasteiger partial charge in [0.25, 0.3) is 5.95 Å². The molecule has 0 aliphatic rings. The maximum Gasteiger partial charge on any atom is 0.257 e. The Morgan fingerprint density at radius 1 is 1.00 bits per heavy atom. The lowest BCUT2D eigenvalue weighted by atomic mass is 10.3. The Kier molecular flexibility index (Phi) is 5.62. The Hall–Kier alpha value is -3.85. The summed E-state index contributed by atoms with van der Waals surface area (Å²) in [6, 6.07) is 14.7. The van der Waals surface area contributed by atoms with Gasteiger partial charge in [-0.05, 0) is 56.3 Å². The van der Waals surface area contributed by atoms with Gasteiger partial charge in [-0.2, -0.15) is 25.2 Å². The third-order valence-electron chi connectivity index (χ3n) is 3.97. The summed E-state index contributed by atoms with van der Waals surface area (Å²) >= 11 is 5.96. The maximum absolute atomic E-state index is 5.96. The van der Waals surface area contributed by atoms with Crippen molar-refractivity contribution in [2.75, 3.05) is 10.7 Å². The van der Waals surface area contributed by atoms with Crippen LogP contribution in [0.25, 0.3) is 5.95 Å². The number of aryl methyl sites for hydroxylation is 2. The number of nitrogens with one attached hydrogen (secondary N) is 2. The number of hydrogen-bond acceptors (Lipinski definition) is 8. The quantitative estimate of drug-likeness (QED) is 0.360. The van der Waals surface area contributed by atoms with Gasteiger partial charge in [0.2, 0.25) is 11.9 Å². The Morgan fingerprint density at radius 3 is 2.50 bits per heavy atom. The first-order valence-electron chi connectivity index (χ1n) is 9.09. The minimum Gasteiger partial charge on any atom is -0.324 e. The lowest BCUT2D eigenvalue weighted by Crippen LogP contribution is -2.11. The molecule has 3 heterocycles. The van der Waals surface area contributed by atoms with Crippen LogP contribution in [-0.4, -0.2) is 35.9 Å². The van der Waals surface area contributed by atoms with Crippen LogP contribution in [0.5, 0.6) is 0 Å². The number of nitrogens with zero attached hydrogens (tertiary/aromatic N) is 7. The average Bonchev–Trinajstić information content (AvgIpc) is 3.08. The van der Waals surface area contributed by atoms with Gasteiger partial charge in [-0.1, -0.05) is 17.7 Å². The standard InChI is InChI=1S/C20H18ClN9/c1-13-11-14(2)30(29-13)20-26-18(24-16-8-6-15(21)7-9-16)25-19(27-20)28-23-12-17-5-3-4-10-22-17/h3-12H,1-2H3,(H2,24,25,26,27,28). The molecular weight excluding hydrogens is 402 g/mol. The van der Waals surface area contributed by atoms with Crippen molar-refractivity contribution in [3.05, 3.63) is 76.8 Å². The highest BCUT2D eigenvalue weighted by atomic mass is 35.5. The van der Waals surface area contributed by atoms with Crippen LogP contribution >= 0.6 is 11.6 Å². The van der Waals surface area contributed by atoms with Gasteiger partial charge in [0, 0.05) is 22.6 Å². The molecule has 0 bridgehead atoms. The SMILES string of the molecule is Cc1cc(C)n(-c2nc(NN=Cc3ccccn3)nc(Nc3ccc(Cl)cc3)n2)n1. The summed E-state index contributed by atoms with van der Waals surface area (Å²) in [6.07, 6.45) is 3.28. The van der Waals surface area contributed by atoms with E-state index in [1.54, 1.807) is 29.2 Å². The predicted molar refractivity (Wildman–Crippen MR) is 117 cm³/mol. The number of rotatable bonds is 6. The molecule has 150 valence electrons. The monoisotopic (exact) mass is 419 g/mol. The fraction of sp³-hybridized carbons (Fsp3) is 0.100. The highest BCUT2D eigenvalue weighted by Crippen LogP contribution is 2.19. The van der Waals surface area contributed by atoms with Crippen LogP contribution in [0.1, 0.15) is 17.1 Å². The molecule has 2 N–H and O–H groups in total. The second kappa shape index (κ2) is 8.66. The van der Waals surface area contributed by atoms with E-state index in [4.69, 9.17) is 11.6 Å². The zero-order valence-electron chi connectivity index (χ0n) is 16.3. The summed E-state index contributed by atoms with van der Waals surface area (Å²) in [5.74, 6) is 0.962. The number of hydrazone groups is 1. The summed E-state index contributed by atoms with van der Waals surface area (Å²) in [7, 11) is 0. The second-order valence-corrected chi connectivity index (χ2v) is 6.81. The van der Waals surface area contributed by atoms with Crippen LogP contribution < -0.4 is 10.7 Å². The van der Waals surface area contributed by atoms with Crippen LogP contribution in [-0.2, 0) is 0 Å². The van der Waals surface area contributed by atoms with Crippen molar-refractivity contribution in [2.45, 2.75) is 13.8 Å². The van der Waals surface area contributed by atoms with E-state index in [1.165, 1.54) is 0 Å². The minimum absolute atomic E-state index is 0.260. The summed E-state index contributed by atoms with van der Waals surface area (Å²) in [5.41, 5.74) is 6.09. The van der Waals surface area contributed by atoms with E-state index in [2.05, 4.69) is 40.9 Å². The Morgan fingerprint density at radius 2 is 1.80 bits per heavy atom. The van der Waals surface area contributed by atoms with Crippen LogP contribution in [0.15, 0.2) is 59.8 Å². The van der Waals surface area contributed by atoms with E-state index in [0.717, 1.165) is 17.1 Å². The molecule has 3 aromatic heterocycles. The molecule has 0 fully saturated rings. The van der Waals surface area contributed by atoms with Gasteiger partial charge in [-0.25, -0.2) is 10.1 Å². The molecule has 4 aromatic rings. The lowest BCUT2D eigenvalue weighted by molar-refractivity contribution is 0.767. The maximum atomic E-state index is 5.96. The first-order chi connectivity index (χ1) is 14.6. The number of hydrogen-bond donors (Lipinski definition) is 2. The van der Waals surface area contributed by atoms with Gasteiger partial charge >= 0.3 is 0 Å². The molecule has 0 aliphatic carbocycles. The van der Waals surface area contributed by atoms with Gasteiger partial charge in [0.15, 0.2) is 0 Å². The number of anilines is 3. The van der Waals surface area contributed by atoms with Crippen molar-refractivity contribution >= 4 is 35.4 Å². The fourth-order valence-corrected chi connectivity index (χ4v) is 2.79. The van der Waals surface area contributed by atoms with Crippen molar-refractivity contribution in [1.29, 1.82) is 0 Å². The molecule has 10 heteroatoms. The van der Waals surface area contributed by atoms with E-state index in [9.17, 15) is 0 Å². The molecule has 0 atom stereocenters. The van der Waals surface area contributed by atoms with Gasteiger partial charge in [-0.15, -0.1) is 0 Å². The molecule has 0 amide bonds. The van der Waals surface area contributed by atoms with E-state index in [1.807, 2.05) is 50.2 Å². The van der Waals surface area contributed by atoms with Crippen molar-refractivity contribution < 1.29 is 0 Å². The molecule has 0 saturated heterocycles. The van der Waals surface area contributed by atoms with E-state index < -0.39 is 0 Å². The smallest absolute Gasteiger partial charge is 0.257 e. The second-order valence-electron chi connectivity index (χ2n) is 6.38. The lowest BCUT2D eigenvalue weighted by Gasteiger charge is -2.09. The van der Waals surface area contributed by atoms with Crippen molar-refractivity contribution in [2.24, 2.45) is 5.10 Å². The molecule has 0 unspecified atom stereocenters. The normalized spacial score (nSPS) is 11.0. The molecular formula is C20H18ClN9. The molecule has 0 aliphatic heterocycles.